The van der Waals surface area contributed by atoms with Crippen LogP contribution in [0.4, 0.5) is 0 Å². The van der Waals surface area contributed by atoms with Gasteiger partial charge in [-0.25, -0.2) is 0 Å². The number of likely N-dealkylation sites (tertiary alicyclic amines) is 1. The summed E-state index contributed by atoms with van der Waals surface area (Å²) in [5.74, 6) is 1.07. The van der Waals surface area contributed by atoms with E-state index in [9.17, 15) is 9.90 Å². The molecule has 1 aromatic heterocycles. The van der Waals surface area contributed by atoms with Crippen LogP contribution in [0, 0.1) is 0 Å². The third-order valence-corrected chi connectivity index (χ3v) is 6.49. The summed E-state index contributed by atoms with van der Waals surface area (Å²) in [4.78, 5) is 24.2. The number of aliphatic imine (C=N–C) groups is 1. The maximum Gasteiger partial charge on any atom is 0.236 e. The van der Waals surface area contributed by atoms with Crippen LogP contribution in [0.3, 0.4) is 0 Å². The van der Waals surface area contributed by atoms with Gasteiger partial charge in [-0.1, -0.05) is 11.6 Å². The Morgan fingerprint density at radius 3 is 2.48 bits per heavy atom. The predicted octanol–water partition coefficient (Wildman–Crippen LogP) is 2.26. The van der Waals surface area contributed by atoms with Crippen molar-refractivity contribution in [1.82, 2.24) is 20.0 Å². The number of amides is 1. The molecule has 1 unspecified atom stereocenters. The minimum Gasteiger partial charge on any atom is -0.386 e. The lowest BCUT2D eigenvalue weighted by molar-refractivity contribution is -0.131. The molecule has 2 aliphatic heterocycles. The Balaban J connectivity index is 0.00000300. The summed E-state index contributed by atoms with van der Waals surface area (Å²) < 4.78 is 0.671. The van der Waals surface area contributed by atoms with Crippen molar-refractivity contribution < 1.29 is 9.90 Å². The molecule has 2 N–H and O–H groups in total. The molecule has 1 amide bonds. The number of thiophene rings is 1. The van der Waals surface area contributed by atoms with Crippen molar-refractivity contribution in [2.24, 2.45) is 4.99 Å². The molecule has 10 heteroatoms. The molecule has 0 bridgehead atoms. The summed E-state index contributed by atoms with van der Waals surface area (Å²) in [5, 5.41) is 13.7. The summed E-state index contributed by atoms with van der Waals surface area (Å²) in [6.07, 6.45) is 1.61. The van der Waals surface area contributed by atoms with Crippen molar-refractivity contribution in [2.75, 3.05) is 58.9 Å². The van der Waals surface area contributed by atoms with Crippen molar-refractivity contribution in [2.45, 2.75) is 25.9 Å². The smallest absolute Gasteiger partial charge is 0.236 e. The highest BCUT2D eigenvalue weighted by Gasteiger charge is 2.24. The van der Waals surface area contributed by atoms with Gasteiger partial charge in [0.05, 0.1) is 17.4 Å². The van der Waals surface area contributed by atoms with Crippen LogP contribution in [-0.2, 0) is 4.79 Å². The molecule has 0 saturated carbocycles. The van der Waals surface area contributed by atoms with Crippen LogP contribution in [0.5, 0.6) is 0 Å². The fraction of sp³-hybridized carbons (Fsp3) is 0.684. The molecule has 2 saturated heterocycles. The predicted molar refractivity (Wildman–Crippen MR) is 130 cm³/mol. The Hall–Kier alpha value is -0.620. The molecule has 1 atom stereocenters. The number of piperazine rings is 1. The SMILES string of the molecule is CCNC(=NCC(O)c1ccc(Cl)s1)N1CCN(CC(=O)N2CCCC2)CC1.I. The average Bonchev–Trinajstić information content (AvgIpc) is 3.37. The fourth-order valence-electron chi connectivity index (χ4n) is 3.57. The van der Waals surface area contributed by atoms with Gasteiger partial charge in [0.2, 0.25) is 5.91 Å². The van der Waals surface area contributed by atoms with Crippen LogP contribution in [0.2, 0.25) is 4.34 Å². The number of hydrogen-bond donors (Lipinski definition) is 2. The second-order valence-corrected chi connectivity index (χ2v) is 8.95. The molecule has 29 heavy (non-hydrogen) atoms. The monoisotopic (exact) mass is 555 g/mol. The van der Waals surface area contributed by atoms with Gasteiger partial charge in [-0.3, -0.25) is 14.7 Å². The molecule has 7 nitrogen and oxygen atoms in total. The zero-order valence-electron chi connectivity index (χ0n) is 16.8. The third kappa shape index (κ3) is 7.23. The van der Waals surface area contributed by atoms with Gasteiger partial charge < -0.3 is 20.2 Å². The number of rotatable bonds is 6. The fourth-order valence-corrected chi connectivity index (χ4v) is 4.61. The summed E-state index contributed by atoms with van der Waals surface area (Å²) in [5.41, 5.74) is 0. The van der Waals surface area contributed by atoms with E-state index in [1.54, 1.807) is 6.07 Å². The Morgan fingerprint density at radius 2 is 1.90 bits per heavy atom. The summed E-state index contributed by atoms with van der Waals surface area (Å²) in [6, 6.07) is 3.64. The van der Waals surface area contributed by atoms with Crippen molar-refractivity contribution in [3.63, 3.8) is 0 Å². The van der Waals surface area contributed by atoms with Crippen LogP contribution in [-0.4, -0.2) is 90.6 Å². The van der Waals surface area contributed by atoms with E-state index >= 15 is 0 Å². The highest BCUT2D eigenvalue weighted by molar-refractivity contribution is 14.0. The van der Waals surface area contributed by atoms with Gasteiger partial charge in [-0.2, -0.15) is 0 Å². The van der Waals surface area contributed by atoms with Gasteiger partial charge in [0.1, 0.15) is 6.10 Å². The standard InChI is InChI=1S/C19H30ClN5O2S.HI/c1-2-21-19(22-13-15(26)16-5-6-17(20)28-16)25-11-9-23(10-12-25)14-18(27)24-7-3-4-8-24;/h5-6,15,26H,2-4,7-14H2,1H3,(H,21,22);1H. The van der Waals surface area contributed by atoms with Crippen LogP contribution < -0.4 is 5.32 Å². The second kappa shape index (κ2) is 12.3. The number of guanidine groups is 1. The summed E-state index contributed by atoms with van der Waals surface area (Å²) >= 11 is 7.33. The molecule has 0 spiro atoms. The van der Waals surface area contributed by atoms with Gasteiger partial charge in [0.25, 0.3) is 0 Å². The molecule has 0 aromatic carbocycles. The van der Waals surface area contributed by atoms with Gasteiger partial charge in [-0.15, -0.1) is 35.3 Å². The quantitative estimate of drug-likeness (QED) is 0.320. The zero-order chi connectivity index (χ0) is 19.9. The Morgan fingerprint density at radius 1 is 1.21 bits per heavy atom. The number of nitrogens with one attached hydrogen (secondary N) is 1. The molecule has 0 radical (unpaired) electrons. The molecular formula is C19H31ClIN5O2S. The van der Waals surface area contributed by atoms with E-state index in [1.807, 2.05) is 17.9 Å². The molecule has 3 rings (SSSR count). The van der Waals surface area contributed by atoms with Gasteiger partial charge >= 0.3 is 0 Å². The van der Waals surface area contributed by atoms with E-state index in [2.05, 4.69) is 20.1 Å². The van der Waals surface area contributed by atoms with Crippen LogP contribution in [0.25, 0.3) is 0 Å². The van der Waals surface area contributed by atoms with Gasteiger partial charge in [0, 0.05) is 50.7 Å². The minimum absolute atomic E-state index is 0. The number of carbonyl (C=O) groups excluding carboxylic acids is 1. The highest BCUT2D eigenvalue weighted by atomic mass is 127. The number of carbonyl (C=O) groups is 1. The van der Waals surface area contributed by atoms with Crippen molar-refractivity contribution in [3.8, 4) is 0 Å². The van der Waals surface area contributed by atoms with Crippen molar-refractivity contribution in [3.05, 3.63) is 21.3 Å². The largest absolute Gasteiger partial charge is 0.386 e. The van der Waals surface area contributed by atoms with E-state index in [-0.39, 0.29) is 29.9 Å². The van der Waals surface area contributed by atoms with E-state index in [1.165, 1.54) is 11.3 Å². The molecular weight excluding hydrogens is 525 g/mol. The summed E-state index contributed by atoms with van der Waals surface area (Å²) in [7, 11) is 0. The average molecular weight is 556 g/mol. The maximum atomic E-state index is 12.3. The first-order valence-corrected chi connectivity index (χ1v) is 11.2. The summed E-state index contributed by atoms with van der Waals surface area (Å²) in [6.45, 7) is 8.76. The Labute approximate surface area is 199 Å². The van der Waals surface area contributed by atoms with E-state index in [0.717, 1.165) is 69.5 Å². The van der Waals surface area contributed by atoms with Crippen molar-refractivity contribution >= 4 is 58.8 Å². The maximum absolute atomic E-state index is 12.3. The minimum atomic E-state index is -0.648. The first-order chi connectivity index (χ1) is 13.6. The lowest BCUT2D eigenvalue weighted by Gasteiger charge is -2.36. The Kier molecular flexibility index (Phi) is 10.4. The molecule has 2 fully saturated rings. The van der Waals surface area contributed by atoms with Crippen LogP contribution in [0.1, 0.15) is 30.7 Å². The number of halogens is 2. The third-order valence-electron chi connectivity index (χ3n) is 5.16. The number of aliphatic hydroxyl groups excluding tert-OH is 1. The number of hydrogen-bond acceptors (Lipinski definition) is 5. The highest BCUT2D eigenvalue weighted by Crippen LogP contribution is 2.27. The molecule has 3 heterocycles. The number of aliphatic hydroxyl groups is 1. The lowest BCUT2D eigenvalue weighted by Crippen LogP contribution is -2.54. The van der Waals surface area contributed by atoms with Crippen LogP contribution in [0.15, 0.2) is 17.1 Å². The topological polar surface area (TPSA) is 71.4 Å². The number of nitrogens with zero attached hydrogens (tertiary/aromatic N) is 4. The van der Waals surface area contributed by atoms with Gasteiger partial charge in [-0.05, 0) is 31.9 Å². The first kappa shape index (κ1) is 24.6. The van der Waals surface area contributed by atoms with Crippen LogP contribution >= 0.6 is 46.9 Å². The van der Waals surface area contributed by atoms with Gasteiger partial charge in [0.15, 0.2) is 5.96 Å². The first-order valence-electron chi connectivity index (χ1n) is 10.0. The van der Waals surface area contributed by atoms with Crippen molar-refractivity contribution in [1.29, 1.82) is 0 Å². The normalized spacial score (nSPS) is 19.2. The molecule has 0 aliphatic carbocycles. The molecule has 2 aliphatic rings. The Bertz CT molecular complexity index is 675. The van der Waals surface area contributed by atoms with E-state index in [4.69, 9.17) is 11.6 Å². The van der Waals surface area contributed by atoms with E-state index < -0.39 is 6.10 Å². The zero-order valence-corrected chi connectivity index (χ0v) is 20.8. The molecule has 1 aromatic rings. The molecule has 164 valence electrons. The second-order valence-electron chi connectivity index (χ2n) is 7.20. The van der Waals surface area contributed by atoms with E-state index in [0.29, 0.717) is 17.4 Å². The lowest BCUT2D eigenvalue weighted by atomic mass is 10.3.